The second-order valence-electron chi connectivity index (χ2n) is 11.6. The molecule has 1 amide bonds. The van der Waals surface area contributed by atoms with Gasteiger partial charge in [0, 0.05) is 35.6 Å². The fourth-order valence-corrected chi connectivity index (χ4v) is 8.48. The molecule has 2 heterocycles. The smallest absolute Gasteiger partial charge is 0.228 e. The number of benzene rings is 2. The highest BCUT2D eigenvalue weighted by atomic mass is 79.9. The van der Waals surface area contributed by atoms with E-state index in [0.717, 1.165) is 49.8 Å². The quantitative estimate of drug-likeness (QED) is 0.481. The topological polar surface area (TPSA) is 32.3 Å². The summed E-state index contributed by atoms with van der Waals surface area (Å²) in [6.45, 7) is 2.68. The SMILES string of the molecule is O=C(C1CNCC12CCCc1cc(Br)ccc12)N1CCC(c2ccccc2)CC1C1CCCCC1. The normalized spacial score (nSPS) is 31.5. The molecule has 4 heteroatoms. The Morgan fingerprint density at radius 1 is 1.00 bits per heavy atom. The second kappa shape index (κ2) is 10.0. The number of carbonyl (C=O) groups is 1. The van der Waals surface area contributed by atoms with Crippen LogP contribution in [0.3, 0.4) is 0 Å². The van der Waals surface area contributed by atoms with Gasteiger partial charge in [0.1, 0.15) is 0 Å². The first-order valence-electron chi connectivity index (χ1n) is 14.0. The van der Waals surface area contributed by atoms with Crippen molar-refractivity contribution in [1.29, 1.82) is 0 Å². The number of nitrogens with one attached hydrogen (secondary N) is 1. The third-order valence-electron chi connectivity index (χ3n) is 9.82. The van der Waals surface area contributed by atoms with Crippen LogP contribution in [-0.4, -0.2) is 36.5 Å². The number of halogens is 1. The van der Waals surface area contributed by atoms with E-state index in [2.05, 4.69) is 74.7 Å². The summed E-state index contributed by atoms with van der Waals surface area (Å²) >= 11 is 3.68. The van der Waals surface area contributed by atoms with Crippen LogP contribution in [0.15, 0.2) is 53.0 Å². The molecule has 4 unspecified atom stereocenters. The van der Waals surface area contributed by atoms with E-state index < -0.39 is 0 Å². The average Bonchev–Trinajstić information content (AvgIpc) is 3.32. The summed E-state index contributed by atoms with van der Waals surface area (Å²) in [6, 6.07) is 18.3. The zero-order valence-electron chi connectivity index (χ0n) is 20.9. The molecule has 0 radical (unpaired) electrons. The molecule has 4 aliphatic rings. The summed E-state index contributed by atoms with van der Waals surface area (Å²) in [6.07, 6.45) is 12.3. The molecule has 35 heavy (non-hydrogen) atoms. The van der Waals surface area contributed by atoms with Crippen LogP contribution in [0, 0.1) is 11.8 Å². The summed E-state index contributed by atoms with van der Waals surface area (Å²) in [4.78, 5) is 16.9. The number of likely N-dealkylation sites (tertiary alicyclic amines) is 1. The van der Waals surface area contributed by atoms with E-state index in [1.165, 1.54) is 55.2 Å². The summed E-state index contributed by atoms with van der Waals surface area (Å²) in [5, 5.41) is 3.68. The molecular weight excluding hydrogens is 496 g/mol. The van der Waals surface area contributed by atoms with Crippen molar-refractivity contribution in [1.82, 2.24) is 10.2 Å². The summed E-state index contributed by atoms with van der Waals surface area (Å²) in [7, 11) is 0. The van der Waals surface area contributed by atoms with Gasteiger partial charge in [0.05, 0.1) is 5.92 Å². The number of piperidine rings is 1. The summed E-state index contributed by atoms with van der Waals surface area (Å²) in [5.41, 5.74) is 4.30. The van der Waals surface area contributed by atoms with Crippen LogP contribution in [0.25, 0.3) is 0 Å². The molecule has 1 N–H and O–H groups in total. The van der Waals surface area contributed by atoms with Crippen molar-refractivity contribution < 1.29 is 4.79 Å². The molecule has 0 aromatic heterocycles. The molecule has 2 aromatic carbocycles. The van der Waals surface area contributed by atoms with Gasteiger partial charge in [0.25, 0.3) is 0 Å². The average molecular weight is 536 g/mol. The molecule has 1 spiro atoms. The molecule has 2 saturated heterocycles. The Balaban J connectivity index is 1.30. The van der Waals surface area contributed by atoms with E-state index >= 15 is 0 Å². The van der Waals surface area contributed by atoms with Crippen LogP contribution in [0.5, 0.6) is 0 Å². The van der Waals surface area contributed by atoms with Crippen molar-refractivity contribution in [3.63, 3.8) is 0 Å². The highest BCUT2D eigenvalue weighted by molar-refractivity contribution is 9.10. The van der Waals surface area contributed by atoms with E-state index in [1.807, 2.05) is 0 Å². The number of carbonyl (C=O) groups excluding carboxylic acids is 1. The van der Waals surface area contributed by atoms with E-state index in [1.54, 1.807) is 0 Å². The first kappa shape index (κ1) is 23.7. The van der Waals surface area contributed by atoms with Crippen molar-refractivity contribution >= 4 is 21.8 Å². The number of fused-ring (bicyclic) bond motifs is 2. The van der Waals surface area contributed by atoms with Gasteiger partial charge in [-0.15, -0.1) is 0 Å². The van der Waals surface area contributed by atoms with Crippen molar-refractivity contribution in [3.05, 3.63) is 69.7 Å². The van der Waals surface area contributed by atoms with E-state index in [4.69, 9.17) is 0 Å². The van der Waals surface area contributed by atoms with E-state index in [-0.39, 0.29) is 11.3 Å². The predicted octanol–water partition coefficient (Wildman–Crippen LogP) is 6.60. The number of amides is 1. The molecule has 1 saturated carbocycles. The third-order valence-corrected chi connectivity index (χ3v) is 10.3. The lowest BCUT2D eigenvalue weighted by Crippen LogP contribution is -2.55. The summed E-state index contributed by atoms with van der Waals surface area (Å²) in [5.74, 6) is 1.74. The Hall–Kier alpha value is -1.65. The third kappa shape index (κ3) is 4.39. The molecule has 3 nitrogen and oxygen atoms in total. The van der Waals surface area contributed by atoms with Gasteiger partial charge in [0.2, 0.25) is 5.91 Å². The maximum atomic E-state index is 14.5. The van der Waals surface area contributed by atoms with Crippen LogP contribution in [0.1, 0.15) is 80.4 Å². The molecule has 186 valence electrons. The maximum absolute atomic E-state index is 14.5. The van der Waals surface area contributed by atoms with Crippen molar-refractivity contribution in [2.45, 2.75) is 81.6 Å². The van der Waals surface area contributed by atoms with Crippen LogP contribution in [-0.2, 0) is 16.6 Å². The standard InChI is InChI=1S/C31H39BrN2O/c32-26-13-14-27-25(18-26)12-7-16-31(27)21-33-20-28(31)30(35)34-17-15-24(22-8-3-1-4-9-22)19-29(34)23-10-5-2-6-11-23/h1,3-4,8-9,13-14,18,23-24,28-29,33H,2,5-7,10-12,15-17,19-21H2. The molecule has 2 aliphatic carbocycles. The lowest BCUT2D eigenvalue weighted by atomic mass is 9.63. The van der Waals surface area contributed by atoms with Gasteiger partial charge in [0.15, 0.2) is 0 Å². The minimum absolute atomic E-state index is 0.0429. The Labute approximate surface area is 219 Å². The fourth-order valence-electron chi connectivity index (χ4n) is 8.08. The van der Waals surface area contributed by atoms with Gasteiger partial charge in [-0.2, -0.15) is 0 Å². The van der Waals surface area contributed by atoms with Crippen LogP contribution in [0.4, 0.5) is 0 Å². The Morgan fingerprint density at radius 2 is 1.83 bits per heavy atom. The Bertz CT molecular complexity index is 1050. The van der Waals surface area contributed by atoms with Crippen LogP contribution < -0.4 is 5.32 Å². The molecule has 6 rings (SSSR count). The van der Waals surface area contributed by atoms with Crippen LogP contribution in [0.2, 0.25) is 0 Å². The number of hydrogen-bond donors (Lipinski definition) is 1. The second-order valence-corrected chi connectivity index (χ2v) is 12.5. The van der Waals surface area contributed by atoms with Crippen LogP contribution >= 0.6 is 15.9 Å². The van der Waals surface area contributed by atoms with Gasteiger partial charge < -0.3 is 10.2 Å². The predicted molar refractivity (Wildman–Crippen MR) is 146 cm³/mol. The minimum Gasteiger partial charge on any atom is -0.339 e. The molecule has 2 aromatic rings. The number of aryl methyl sites for hydroxylation is 1. The van der Waals surface area contributed by atoms with Gasteiger partial charge in [-0.1, -0.05) is 71.6 Å². The lowest BCUT2D eigenvalue weighted by Gasteiger charge is -2.48. The monoisotopic (exact) mass is 534 g/mol. The zero-order valence-corrected chi connectivity index (χ0v) is 22.4. The van der Waals surface area contributed by atoms with Gasteiger partial charge in [-0.05, 0) is 85.6 Å². The molecule has 0 bridgehead atoms. The van der Waals surface area contributed by atoms with Crippen molar-refractivity contribution in [2.24, 2.45) is 11.8 Å². The largest absolute Gasteiger partial charge is 0.339 e. The highest BCUT2D eigenvalue weighted by Crippen LogP contribution is 2.48. The first-order chi connectivity index (χ1) is 17.2. The fraction of sp³-hybridized carbons (Fsp3) is 0.581. The van der Waals surface area contributed by atoms with Gasteiger partial charge in [-0.25, -0.2) is 0 Å². The number of rotatable bonds is 3. The molecule has 2 aliphatic heterocycles. The Kier molecular flexibility index (Phi) is 6.79. The van der Waals surface area contributed by atoms with Gasteiger partial charge in [-0.3, -0.25) is 4.79 Å². The molecule has 4 atom stereocenters. The maximum Gasteiger partial charge on any atom is 0.228 e. The molecule has 3 fully saturated rings. The number of nitrogens with zero attached hydrogens (tertiary/aromatic N) is 1. The first-order valence-corrected chi connectivity index (χ1v) is 14.8. The minimum atomic E-state index is -0.0429. The van der Waals surface area contributed by atoms with E-state index in [9.17, 15) is 4.79 Å². The highest BCUT2D eigenvalue weighted by Gasteiger charge is 2.52. The van der Waals surface area contributed by atoms with Gasteiger partial charge >= 0.3 is 0 Å². The van der Waals surface area contributed by atoms with Crippen molar-refractivity contribution in [3.8, 4) is 0 Å². The number of hydrogen-bond acceptors (Lipinski definition) is 2. The molecular formula is C31H39BrN2O. The lowest BCUT2D eigenvalue weighted by molar-refractivity contribution is -0.143. The zero-order chi connectivity index (χ0) is 23.8. The van der Waals surface area contributed by atoms with Crippen molar-refractivity contribution in [2.75, 3.05) is 19.6 Å². The van der Waals surface area contributed by atoms with E-state index in [0.29, 0.717) is 23.8 Å². The summed E-state index contributed by atoms with van der Waals surface area (Å²) < 4.78 is 1.16. The Morgan fingerprint density at radius 3 is 2.66 bits per heavy atom.